The summed E-state index contributed by atoms with van der Waals surface area (Å²) in [6.07, 6.45) is -0.755. The monoisotopic (exact) mass is 337 g/mol. The fraction of sp³-hybridized carbons (Fsp3) is 0.105. The summed E-state index contributed by atoms with van der Waals surface area (Å²) in [5.74, 6) is -0.0802. The van der Waals surface area contributed by atoms with Gasteiger partial charge in [-0.05, 0) is 29.0 Å². The van der Waals surface area contributed by atoms with Crippen molar-refractivity contribution in [2.45, 2.75) is 6.10 Å². The van der Waals surface area contributed by atoms with Crippen molar-refractivity contribution in [2.75, 3.05) is 6.54 Å². The van der Waals surface area contributed by atoms with Gasteiger partial charge < -0.3 is 14.8 Å². The Labute approximate surface area is 142 Å². The molecule has 5 heteroatoms. The lowest BCUT2D eigenvalue weighted by atomic mass is 10.1. The van der Waals surface area contributed by atoms with E-state index in [1.165, 1.54) is 0 Å². The molecule has 0 aliphatic rings. The van der Waals surface area contributed by atoms with Crippen molar-refractivity contribution < 1.29 is 14.3 Å². The number of aliphatic hydroxyl groups is 1. The summed E-state index contributed by atoms with van der Waals surface area (Å²) in [4.78, 5) is 12.2. The molecule has 0 radical (unpaired) electrons. The summed E-state index contributed by atoms with van der Waals surface area (Å²) in [7, 11) is 0. The molecular formula is C19H15NO3S. The normalized spacial score (nSPS) is 12.5. The van der Waals surface area contributed by atoms with Gasteiger partial charge in [-0.15, -0.1) is 11.3 Å². The van der Waals surface area contributed by atoms with Gasteiger partial charge in [0.25, 0.3) is 5.91 Å². The first-order valence-electron chi connectivity index (χ1n) is 7.63. The van der Waals surface area contributed by atoms with Crippen LogP contribution in [0.25, 0.3) is 21.1 Å². The average Bonchev–Trinajstić information content (AvgIpc) is 3.23. The van der Waals surface area contributed by atoms with E-state index in [4.69, 9.17) is 4.42 Å². The highest BCUT2D eigenvalue weighted by Crippen LogP contribution is 2.30. The van der Waals surface area contributed by atoms with Gasteiger partial charge >= 0.3 is 0 Å². The molecule has 2 aromatic carbocycles. The van der Waals surface area contributed by atoms with Crippen LogP contribution in [0, 0.1) is 0 Å². The van der Waals surface area contributed by atoms with Crippen molar-refractivity contribution in [2.24, 2.45) is 0 Å². The third-order valence-electron chi connectivity index (χ3n) is 3.98. The third kappa shape index (κ3) is 2.68. The molecule has 0 fully saturated rings. The molecule has 0 aliphatic carbocycles. The lowest BCUT2D eigenvalue weighted by molar-refractivity contribution is 0.0892. The molecule has 0 unspecified atom stereocenters. The highest BCUT2D eigenvalue weighted by molar-refractivity contribution is 7.17. The van der Waals surface area contributed by atoms with Gasteiger partial charge in [-0.25, -0.2) is 0 Å². The number of fused-ring (bicyclic) bond motifs is 2. The molecule has 120 valence electrons. The Kier molecular flexibility index (Phi) is 3.80. The number of hydrogen-bond acceptors (Lipinski definition) is 4. The minimum absolute atomic E-state index is 0.136. The maximum Gasteiger partial charge on any atom is 0.287 e. The van der Waals surface area contributed by atoms with E-state index >= 15 is 0 Å². The van der Waals surface area contributed by atoms with Crippen molar-refractivity contribution in [1.82, 2.24) is 5.32 Å². The van der Waals surface area contributed by atoms with Gasteiger partial charge in [0.2, 0.25) is 0 Å². The predicted molar refractivity (Wildman–Crippen MR) is 95.3 cm³/mol. The number of amides is 1. The molecule has 0 saturated heterocycles. The topological polar surface area (TPSA) is 62.5 Å². The Hall–Kier alpha value is -2.63. The number of hydrogen-bond donors (Lipinski definition) is 2. The molecule has 0 aliphatic heterocycles. The van der Waals surface area contributed by atoms with E-state index < -0.39 is 6.10 Å². The molecule has 0 bridgehead atoms. The van der Waals surface area contributed by atoms with E-state index in [0.717, 1.165) is 21.0 Å². The van der Waals surface area contributed by atoms with Gasteiger partial charge in [0, 0.05) is 22.2 Å². The molecule has 1 atom stereocenters. The second kappa shape index (κ2) is 6.11. The number of benzene rings is 2. The highest BCUT2D eigenvalue weighted by Gasteiger charge is 2.16. The minimum Gasteiger partial charge on any atom is -0.451 e. The molecule has 0 saturated carbocycles. The Morgan fingerprint density at radius 1 is 1.17 bits per heavy atom. The van der Waals surface area contributed by atoms with E-state index in [1.54, 1.807) is 17.4 Å². The lowest BCUT2D eigenvalue weighted by Crippen LogP contribution is -2.27. The largest absolute Gasteiger partial charge is 0.451 e. The molecular weight excluding hydrogens is 322 g/mol. The standard InChI is InChI=1S/C19H15NO3S/c21-15(14-11-24-18-8-4-2-6-13(14)18)10-20-19(22)17-9-12-5-1-3-7-16(12)23-17/h1-9,11,15,21H,10H2,(H,20,22)/t15-/m1/s1. The number of furan rings is 1. The summed E-state index contributed by atoms with van der Waals surface area (Å²) in [6.45, 7) is 0.136. The zero-order valence-corrected chi connectivity index (χ0v) is 13.5. The molecule has 2 heterocycles. The molecule has 4 aromatic rings. The summed E-state index contributed by atoms with van der Waals surface area (Å²) in [6, 6.07) is 17.1. The maximum atomic E-state index is 12.2. The molecule has 4 rings (SSSR count). The number of carbonyl (C=O) groups is 1. The average molecular weight is 337 g/mol. The highest BCUT2D eigenvalue weighted by atomic mass is 32.1. The van der Waals surface area contributed by atoms with E-state index in [2.05, 4.69) is 5.32 Å². The predicted octanol–water partition coefficient (Wildman–Crippen LogP) is 4.11. The number of rotatable bonds is 4. The van der Waals surface area contributed by atoms with Crippen LogP contribution in [-0.4, -0.2) is 17.6 Å². The first kappa shape index (κ1) is 14.9. The molecule has 24 heavy (non-hydrogen) atoms. The van der Waals surface area contributed by atoms with Gasteiger partial charge in [-0.1, -0.05) is 36.4 Å². The van der Waals surface area contributed by atoms with Gasteiger partial charge in [-0.2, -0.15) is 0 Å². The number of nitrogens with one attached hydrogen (secondary N) is 1. The maximum absolute atomic E-state index is 12.2. The quantitative estimate of drug-likeness (QED) is 0.589. The lowest BCUT2D eigenvalue weighted by Gasteiger charge is -2.10. The van der Waals surface area contributed by atoms with Crippen LogP contribution in [0.3, 0.4) is 0 Å². The Bertz CT molecular complexity index is 984. The summed E-state index contributed by atoms with van der Waals surface area (Å²) in [5, 5.41) is 17.0. The van der Waals surface area contributed by atoms with Crippen LogP contribution in [0.1, 0.15) is 22.2 Å². The van der Waals surface area contributed by atoms with Gasteiger partial charge in [0.15, 0.2) is 5.76 Å². The first-order chi connectivity index (χ1) is 11.7. The van der Waals surface area contributed by atoms with E-state index in [9.17, 15) is 9.90 Å². The number of aliphatic hydroxyl groups excluding tert-OH is 1. The van der Waals surface area contributed by atoms with E-state index in [1.807, 2.05) is 53.9 Å². The summed E-state index contributed by atoms with van der Waals surface area (Å²) < 4.78 is 6.65. The SMILES string of the molecule is O=C(NC[C@@H](O)c1csc2ccccc12)c1cc2ccccc2o1. The number of para-hydroxylation sites is 1. The Morgan fingerprint density at radius 2 is 1.96 bits per heavy atom. The van der Waals surface area contributed by atoms with Crippen molar-refractivity contribution >= 4 is 38.3 Å². The van der Waals surface area contributed by atoms with E-state index in [-0.39, 0.29) is 18.2 Å². The zero-order valence-electron chi connectivity index (χ0n) is 12.7. The fourth-order valence-corrected chi connectivity index (χ4v) is 3.74. The van der Waals surface area contributed by atoms with Crippen LogP contribution in [-0.2, 0) is 0 Å². The summed E-state index contributed by atoms with van der Waals surface area (Å²) in [5.41, 5.74) is 1.51. The molecule has 0 spiro atoms. The smallest absolute Gasteiger partial charge is 0.287 e. The van der Waals surface area contributed by atoms with Gasteiger partial charge in [0.1, 0.15) is 5.58 Å². The van der Waals surface area contributed by atoms with Crippen LogP contribution < -0.4 is 5.32 Å². The van der Waals surface area contributed by atoms with Gasteiger partial charge in [0.05, 0.1) is 6.10 Å². The molecule has 2 aromatic heterocycles. The molecule has 4 nitrogen and oxygen atoms in total. The number of carbonyl (C=O) groups excluding carboxylic acids is 1. The van der Waals surface area contributed by atoms with Crippen LogP contribution in [0.5, 0.6) is 0 Å². The molecule has 1 amide bonds. The van der Waals surface area contributed by atoms with E-state index in [0.29, 0.717) is 5.58 Å². The van der Waals surface area contributed by atoms with Crippen LogP contribution in [0.2, 0.25) is 0 Å². The van der Waals surface area contributed by atoms with Crippen molar-refractivity contribution in [3.8, 4) is 0 Å². The first-order valence-corrected chi connectivity index (χ1v) is 8.51. The second-order valence-corrected chi connectivity index (χ2v) is 6.47. The minimum atomic E-state index is -0.755. The fourth-order valence-electron chi connectivity index (χ4n) is 2.74. The van der Waals surface area contributed by atoms with Crippen LogP contribution >= 0.6 is 11.3 Å². The Balaban J connectivity index is 1.48. The van der Waals surface area contributed by atoms with Crippen LogP contribution in [0.4, 0.5) is 0 Å². The van der Waals surface area contributed by atoms with Crippen molar-refractivity contribution in [3.05, 3.63) is 71.3 Å². The molecule has 2 N–H and O–H groups in total. The number of thiophene rings is 1. The summed E-state index contributed by atoms with van der Waals surface area (Å²) >= 11 is 1.58. The second-order valence-electron chi connectivity index (χ2n) is 5.56. The van der Waals surface area contributed by atoms with Crippen LogP contribution in [0.15, 0.2) is 64.4 Å². The van der Waals surface area contributed by atoms with Crippen molar-refractivity contribution in [3.63, 3.8) is 0 Å². The zero-order chi connectivity index (χ0) is 16.5. The van der Waals surface area contributed by atoms with Gasteiger partial charge in [-0.3, -0.25) is 4.79 Å². The Morgan fingerprint density at radius 3 is 2.83 bits per heavy atom. The van der Waals surface area contributed by atoms with Crippen molar-refractivity contribution in [1.29, 1.82) is 0 Å². The third-order valence-corrected chi connectivity index (χ3v) is 4.96.